The molecule has 7 heteroatoms. The van der Waals surface area contributed by atoms with E-state index in [0.717, 1.165) is 74.9 Å². The van der Waals surface area contributed by atoms with E-state index in [-0.39, 0.29) is 4.05 Å². The summed E-state index contributed by atoms with van der Waals surface area (Å²) in [5.74, 6) is 0. The quantitative estimate of drug-likeness (QED) is 0.386. The fraction of sp³-hybridized carbons (Fsp3) is 0.391. The Labute approximate surface area is 191 Å². The maximum Gasteiger partial charge on any atom is 0.0996 e. The van der Waals surface area contributed by atoms with Crippen molar-refractivity contribution in [2.45, 2.75) is 4.05 Å². The van der Waals surface area contributed by atoms with Gasteiger partial charge < -0.3 is 15.1 Å². The van der Waals surface area contributed by atoms with Gasteiger partial charge in [-0.15, -0.1) is 0 Å². The summed E-state index contributed by atoms with van der Waals surface area (Å²) in [5.41, 5.74) is 4.82. The van der Waals surface area contributed by atoms with E-state index in [0.29, 0.717) is 5.56 Å². The zero-order valence-electron chi connectivity index (χ0n) is 16.9. The first-order valence-corrected chi connectivity index (χ1v) is 11.6. The van der Waals surface area contributed by atoms with Crippen molar-refractivity contribution >= 4 is 34.0 Å². The Balaban J connectivity index is 1.44. The van der Waals surface area contributed by atoms with Gasteiger partial charge in [0.2, 0.25) is 0 Å². The molecule has 2 aliphatic heterocycles. The van der Waals surface area contributed by atoms with E-state index < -0.39 is 0 Å². The molecular weight excluding hydrogens is 487 g/mol. The number of anilines is 2. The van der Waals surface area contributed by atoms with Crippen LogP contribution in [0.1, 0.15) is 20.7 Å². The Morgan fingerprint density at radius 3 is 2.23 bits per heavy atom. The Morgan fingerprint density at radius 1 is 0.833 bits per heavy atom. The molecule has 6 nitrogen and oxygen atoms in total. The molecule has 2 heterocycles. The zero-order valence-corrected chi connectivity index (χ0v) is 19.0. The molecule has 0 spiro atoms. The van der Waals surface area contributed by atoms with Gasteiger partial charge in [0.1, 0.15) is 0 Å². The first-order chi connectivity index (χ1) is 14.7. The van der Waals surface area contributed by atoms with Crippen molar-refractivity contribution in [1.82, 2.24) is 10.2 Å². The number of nitrogens with zero attached hydrogens (tertiary/aromatic N) is 5. The molecule has 2 aromatic carbocycles. The van der Waals surface area contributed by atoms with Crippen LogP contribution in [0.15, 0.2) is 42.5 Å². The molecule has 0 saturated carbocycles. The van der Waals surface area contributed by atoms with Crippen LogP contribution in [-0.4, -0.2) is 57.3 Å². The van der Waals surface area contributed by atoms with Crippen LogP contribution in [0, 0.1) is 22.7 Å². The van der Waals surface area contributed by atoms with Crippen molar-refractivity contribution in [2.75, 3.05) is 62.2 Å². The lowest BCUT2D eigenvalue weighted by Gasteiger charge is -2.39. The predicted octanol–water partition coefficient (Wildman–Crippen LogP) is 3.10. The summed E-state index contributed by atoms with van der Waals surface area (Å²) in [7, 11) is 0. The summed E-state index contributed by atoms with van der Waals surface area (Å²) in [6, 6.07) is 18.8. The second-order valence-electron chi connectivity index (χ2n) is 7.64. The average Bonchev–Trinajstić information content (AvgIpc) is 2.84. The van der Waals surface area contributed by atoms with Crippen molar-refractivity contribution < 1.29 is 0 Å². The van der Waals surface area contributed by atoms with Crippen molar-refractivity contribution in [1.29, 1.82) is 10.5 Å². The van der Waals surface area contributed by atoms with Crippen LogP contribution in [0.5, 0.6) is 0 Å². The number of rotatable bonds is 4. The van der Waals surface area contributed by atoms with E-state index in [9.17, 15) is 5.26 Å². The van der Waals surface area contributed by atoms with Crippen LogP contribution in [-0.2, 0) is 0 Å². The van der Waals surface area contributed by atoms with Gasteiger partial charge in [-0.05, 0) is 35.9 Å². The number of nitrogens with one attached hydrogen (secondary N) is 1. The molecule has 154 valence electrons. The highest BCUT2D eigenvalue weighted by molar-refractivity contribution is 14.1. The fourth-order valence-electron chi connectivity index (χ4n) is 4.14. The summed E-state index contributed by atoms with van der Waals surface area (Å²) < 4.78 is 0.168. The Morgan fingerprint density at radius 2 is 1.53 bits per heavy atom. The molecule has 0 aliphatic carbocycles. The van der Waals surface area contributed by atoms with Crippen molar-refractivity contribution in [3.8, 4) is 12.1 Å². The summed E-state index contributed by atoms with van der Waals surface area (Å²) in [6.07, 6.45) is 0. The minimum Gasteiger partial charge on any atom is -0.369 e. The van der Waals surface area contributed by atoms with Crippen molar-refractivity contribution in [3.05, 3.63) is 59.2 Å². The number of hydrogen-bond donors (Lipinski definition) is 1. The first-order valence-electron chi connectivity index (χ1n) is 10.3. The zero-order chi connectivity index (χ0) is 20.9. The normalized spacial score (nSPS) is 18.5. The lowest BCUT2D eigenvalue weighted by atomic mass is 10.1. The van der Waals surface area contributed by atoms with Gasteiger partial charge >= 0.3 is 0 Å². The summed E-state index contributed by atoms with van der Waals surface area (Å²) in [6.45, 7) is 7.60. The maximum atomic E-state index is 9.79. The molecule has 30 heavy (non-hydrogen) atoms. The van der Waals surface area contributed by atoms with Gasteiger partial charge in [0.25, 0.3) is 0 Å². The lowest BCUT2D eigenvalue weighted by Crippen LogP contribution is -2.46. The SMILES string of the molecule is N#Cc1cccc(N2CCN(C(I)c3ccc(N4CCNCC4)cc3C#N)CC2)c1. The van der Waals surface area contributed by atoms with Gasteiger partial charge in [0, 0.05) is 63.7 Å². The smallest absolute Gasteiger partial charge is 0.0996 e. The molecule has 2 saturated heterocycles. The van der Waals surface area contributed by atoms with E-state index in [2.05, 4.69) is 79.0 Å². The van der Waals surface area contributed by atoms with Crippen molar-refractivity contribution in [3.63, 3.8) is 0 Å². The van der Waals surface area contributed by atoms with Crippen LogP contribution < -0.4 is 15.1 Å². The molecule has 0 aromatic heterocycles. The van der Waals surface area contributed by atoms with Gasteiger partial charge in [0.15, 0.2) is 0 Å². The average molecular weight is 512 g/mol. The highest BCUT2D eigenvalue weighted by Gasteiger charge is 2.25. The summed E-state index contributed by atoms with van der Waals surface area (Å²) in [5, 5.41) is 22.3. The van der Waals surface area contributed by atoms with Crippen molar-refractivity contribution in [2.24, 2.45) is 0 Å². The predicted molar refractivity (Wildman–Crippen MR) is 128 cm³/mol. The number of hydrogen-bond acceptors (Lipinski definition) is 6. The van der Waals surface area contributed by atoms with Gasteiger partial charge in [-0.25, -0.2) is 0 Å². The largest absolute Gasteiger partial charge is 0.369 e. The van der Waals surface area contributed by atoms with Crippen LogP contribution in [0.2, 0.25) is 0 Å². The van der Waals surface area contributed by atoms with Gasteiger partial charge in [-0.1, -0.05) is 34.7 Å². The first kappa shape index (κ1) is 20.9. The third-order valence-electron chi connectivity index (χ3n) is 5.87. The minimum atomic E-state index is 0.168. The molecule has 1 N–H and O–H groups in total. The molecule has 0 amide bonds. The van der Waals surface area contributed by atoms with Crippen LogP contribution >= 0.6 is 22.6 Å². The second kappa shape index (κ2) is 9.65. The number of piperazine rings is 2. The number of nitriles is 2. The third-order valence-corrected chi connectivity index (χ3v) is 7.33. The van der Waals surface area contributed by atoms with Crippen LogP contribution in [0.3, 0.4) is 0 Å². The standard InChI is InChI=1S/C23H25IN6/c24-23(22-5-4-21(15-19(22)17-26)28-8-6-27-7-9-28)30-12-10-29(11-13-30)20-3-1-2-18(14-20)16-25/h1-5,14-15,23,27H,6-13H2. The molecular formula is C23H25IN6. The molecule has 1 unspecified atom stereocenters. The van der Waals surface area contributed by atoms with Gasteiger partial charge in [0.05, 0.1) is 27.3 Å². The highest BCUT2D eigenvalue weighted by Crippen LogP contribution is 2.33. The van der Waals surface area contributed by atoms with E-state index in [1.165, 1.54) is 0 Å². The van der Waals surface area contributed by atoms with E-state index in [1.54, 1.807) is 0 Å². The summed E-state index contributed by atoms with van der Waals surface area (Å²) >= 11 is 2.46. The molecule has 2 fully saturated rings. The molecule has 0 bridgehead atoms. The van der Waals surface area contributed by atoms with Crippen LogP contribution in [0.25, 0.3) is 0 Å². The Bertz CT molecular complexity index is 964. The molecule has 0 radical (unpaired) electrons. The topological polar surface area (TPSA) is 69.3 Å². The fourth-order valence-corrected chi connectivity index (χ4v) is 5.24. The monoisotopic (exact) mass is 512 g/mol. The highest BCUT2D eigenvalue weighted by atomic mass is 127. The van der Waals surface area contributed by atoms with Crippen LogP contribution in [0.4, 0.5) is 11.4 Å². The van der Waals surface area contributed by atoms with E-state index in [1.807, 2.05) is 18.2 Å². The van der Waals surface area contributed by atoms with Gasteiger partial charge in [-0.2, -0.15) is 10.5 Å². The lowest BCUT2D eigenvalue weighted by molar-refractivity contribution is 0.252. The second-order valence-corrected chi connectivity index (χ2v) is 8.82. The Kier molecular flexibility index (Phi) is 6.73. The molecule has 2 aliphatic rings. The molecule has 2 aromatic rings. The summed E-state index contributed by atoms with van der Waals surface area (Å²) in [4.78, 5) is 7.11. The number of alkyl halides is 1. The minimum absolute atomic E-state index is 0.168. The third kappa shape index (κ3) is 4.54. The number of benzene rings is 2. The Hall–Kier alpha value is -2.33. The number of halogens is 1. The maximum absolute atomic E-state index is 9.79. The van der Waals surface area contributed by atoms with E-state index >= 15 is 0 Å². The van der Waals surface area contributed by atoms with E-state index in [4.69, 9.17) is 5.26 Å². The molecule has 4 rings (SSSR count). The molecule has 1 atom stereocenters. The van der Waals surface area contributed by atoms with Gasteiger partial charge in [-0.3, -0.25) is 4.90 Å².